The van der Waals surface area contributed by atoms with Gasteiger partial charge >= 0.3 is 0 Å². The summed E-state index contributed by atoms with van der Waals surface area (Å²) in [5.41, 5.74) is 0.439. The average molecular weight is 256 g/mol. The molecule has 0 unspecified atom stereocenters. The SMILES string of the molecule is CC(C)(C)CCN1CCN(CCOC(C)(C)C)C1. The van der Waals surface area contributed by atoms with E-state index in [0.29, 0.717) is 5.41 Å². The van der Waals surface area contributed by atoms with E-state index in [9.17, 15) is 0 Å². The molecule has 0 bridgehead atoms. The highest BCUT2D eigenvalue weighted by Gasteiger charge is 2.21. The molecule has 1 fully saturated rings. The van der Waals surface area contributed by atoms with Gasteiger partial charge in [0.05, 0.1) is 18.9 Å². The molecule has 1 aliphatic heterocycles. The van der Waals surface area contributed by atoms with Crippen LogP contribution in [0.15, 0.2) is 0 Å². The third-order valence-corrected chi connectivity index (χ3v) is 3.25. The van der Waals surface area contributed by atoms with Crippen LogP contribution in [-0.4, -0.2) is 54.9 Å². The standard InChI is InChI=1S/C15H32N2O/c1-14(2,3)7-8-16-9-10-17(13-16)11-12-18-15(4,5)6/h7-13H2,1-6H3. The first kappa shape index (κ1) is 15.9. The maximum Gasteiger partial charge on any atom is 0.0601 e. The van der Waals surface area contributed by atoms with Crippen LogP contribution >= 0.6 is 0 Å². The summed E-state index contributed by atoms with van der Waals surface area (Å²) in [4.78, 5) is 5.05. The highest BCUT2D eigenvalue weighted by atomic mass is 16.5. The van der Waals surface area contributed by atoms with Gasteiger partial charge in [0.15, 0.2) is 0 Å². The lowest BCUT2D eigenvalue weighted by molar-refractivity contribution is -0.0123. The van der Waals surface area contributed by atoms with Crippen molar-refractivity contribution >= 4 is 0 Å². The Hall–Kier alpha value is -0.120. The van der Waals surface area contributed by atoms with E-state index >= 15 is 0 Å². The topological polar surface area (TPSA) is 15.7 Å². The van der Waals surface area contributed by atoms with Gasteiger partial charge in [-0.15, -0.1) is 0 Å². The normalized spacial score (nSPS) is 19.7. The Labute approximate surface area is 113 Å². The van der Waals surface area contributed by atoms with Gasteiger partial charge in [0, 0.05) is 19.6 Å². The van der Waals surface area contributed by atoms with Crippen molar-refractivity contribution in [3.05, 3.63) is 0 Å². The molecule has 0 aromatic heterocycles. The quantitative estimate of drug-likeness (QED) is 0.752. The van der Waals surface area contributed by atoms with Gasteiger partial charge in [-0.3, -0.25) is 9.80 Å². The lowest BCUT2D eigenvalue weighted by Crippen LogP contribution is -2.32. The number of ether oxygens (including phenoxy) is 1. The van der Waals surface area contributed by atoms with Crippen LogP contribution in [0, 0.1) is 5.41 Å². The van der Waals surface area contributed by atoms with Crippen molar-refractivity contribution in [1.82, 2.24) is 9.80 Å². The number of hydrogen-bond donors (Lipinski definition) is 0. The van der Waals surface area contributed by atoms with Gasteiger partial charge < -0.3 is 4.74 Å². The first-order chi connectivity index (χ1) is 8.16. The van der Waals surface area contributed by atoms with Crippen LogP contribution in [0.3, 0.4) is 0 Å². The van der Waals surface area contributed by atoms with Gasteiger partial charge in [-0.05, 0) is 39.2 Å². The summed E-state index contributed by atoms with van der Waals surface area (Å²) < 4.78 is 5.78. The Kier molecular flexibility index (Phi) is 5.63. The average Bonchev–Trinajstić information content (AvgIpc) is 2.60. The van der Waals surface area contributed by atoms with Crippen LogP contribution in [0.2, 0.25) is 0 Å². The maximum absolute atomic E-state index is 5.78. The third kappa shape index (κ3) is 7.34. The van der Waals surface area contributed by atoms with Gasteiger partial charge in [-0.1, -0.05) is 20.8 Å². The summed E-state index contributed by atoms with van der Waals surface area (Å²) in [5.74, 6) is 0. The van der Waals surface area contributed by atoms with Crippen molar-refractivity contribution in [1.29, 1.82) is 0 Å². The molecule has 0 amide bonds. The van der Waals surface area contributed by atoms with Gasteiger partial charge in [0.2, 0.25) is 0 Å². The zero-order valence-electron chi connectivity index (χ0n) is 13.3. The van der Waals surface area contributed by atoms with E-state index in [4.69, 9.17) is 4.74 Å². The summed E-state index contributed by atoms with van der Waals surface area (Å²) >= 11 is 0. The van der Waals surface area contributed by atoms with Crippen LogP contribution in [-0.2, 0) is 4.74 Å². The number of nitrogens with zero attached hydrogens (tertiary/aromatic N) is 2. The Bertz CT molecular complexity index is 240. The molecule has 0 atom stereocenters. The monoisotopic (exact) mass is 256 g/mol. The molecule has 18 heavy (non-hydrogen) atoms. The van der Waals surface area contributed by atoms with Gasteiger partial charge in [0.25, 0.3) is 0 Å². The minimum absolute atomic E-state index is 0.00829. The number of hydrogen-bond acceptors (Lipinski definition) is 3. The molecular formula is C15H32N2O. The Morgan fingerprint density at radius 3 is 1.94 bits per heavy atom. The van der Waals surface area contributed by atoms with Crippen molar-refractivity contribution in [2.45, 2.75) is 53.6 Å². The predicted molar refractivity (Wildman–Crippen MR) is 77.8 cm³/mol. The molecule has 108 valence electrons. The zero-order chi connectivity index (χ0) is 13.8. The van der Waals surface area contributed by atoms with Crippen LogP contribution in [0.5, 0.6) is 0 Å². The van der Waals surface area contributed by atoms with Crippen molar-refractivity contribution in [3.8, 4) is 0 Å². The molecule has 1 saturated heterocycles. The summed E-state index contributed by atoms with van der Waals surface area (Å²) in [6.07, 6.45) is 1.28. The summed E-state index contributed by atoms with van der Waals surface area (Å²) in [6, 6.07) is 0. The maximum atomic E-state index is 5.78. The number of rotatable bonds is 5. The smallest absolute Gasteiger partial charge is 0.0601 e. The molecule has 1 rings (SSSR count). The Morgan fingerprint density at radius 1 is 0.889 bits per heavy atom. The van der Waals surface area contributed by atoms with Crippen LogP contribution in [0.25, 0.3) is 0 Å². The molecule has 0 N–H and O–H groups in total. The van der Waals surface area contributed by atoms with Gasteiger partial charge in [-0.2, -0.15) is 0 Å². The Balaban J connectivity index is 2.14. The second-order valence-corrected chi connectivity index (χ2v) is 7.65. The minimum Gasteiger partial charge on any atom is -0.375 e. The molecule has 0 aliphatic carbocycles. The van der Waals surface area contributed by atoms with Gasteiger partial charge in [0.1, 0.15) is 0 Å². The molecule has 3 heteroatoms. The fraction of sp³-hybridized carbons (Fsp3) is 1.00. The van der Waals surface area contributed by atoms with Crippen molar-refractivity contribution in [3.63, 3.8) is 0 Å². The van der Waals surface area contributed by atoms with E-state index in [-0.39, 0.29) is 5.60 Å². The second kappa shape index (κ2) is 6.36. The largest absolute Gasteiger partial charge is 0.375 e. The van der Waals surface area contributed by atoms with Crippen molar-refractivity contribution in [2.24, 2.45) is 5.41 Å². The first-order valence-corrected chi connectivity index (χ1v) is 7.24. The fourth-order valence-corrected chi connectivity index (χ4v) is 2.05. The van der Waals surface area contributed by atoms with E-state index in [1.54, 1.807) is 0 Å². The third-order valence-electron chi connectivity index (χ3n) is 3.25. The van der Waals surface area contributed by atoms with Crippen LogP contribution in [0.4, 0.5) is 0 Å². The van der Waals surface area contributed by atoms with E-state index < -0.39 is 0 Å². The van der Waals surface area contributed by atoms with E-state index in [1.807, 2.05) is 0 Å². The summed E-state index contributed by atoms with van der Waals surface area (Å²) in [5, 5.41) is 0. The minimum atomic E-state index is -0.00829. The zero-order valence-corrected chi connectivity index (χ0v) is 13.3. The lowest BCUT2D eigenvalue weighted by atomic mass is 9.92. The van der Waals surface area contributed by atoms with Crippen molar-refractivity contribution < 1.29 is 4.74 Å². The van der Waals surface area contributed by atoms with Crippen molar-refractivity contribution in [2.75, 3.05) is 39.5 Å². The molecule has 3 nitrogen and oxygen atoms in total. The van der Waals surface area contributed by atoms with E-state index in [0.717, 1.165) is 19.8 Å². The summed E-state index contributed by atoms with van der Waals surface area (Å²) in [7, 11) is 0. The van der Waals surface area contributed by atoms with E-state index in [1.165, 1.54) is 26.1 Å². The second-order valence-electron chi connectivity index (χ2n) is 7.65. The predicted octanol–water partition coefficient (Wildman–Crippen LogP) is 2.81. The van der Waals surface area contributed by atoms with E-state index in [2.05, 4.69) is 51.3 Å². The molecular weight excluding hydrogens is 224 g/mol. The van der Waals surface area contributed by atoms with Crippen LogP contribution in [0.1, 0.15) is 48.0 Å². The molecule has 0 aromatic rings. The molecule has 0 radical (unpaired) electrons. The Morgan fingerprint density at radius 2 is 1.44 bits per heavy atom. The first-order valence-electron chi connectivity index (χ1n) is 7.24. The highest BCUT2D eigenvalue weighted by Crippen LogP contribution is 2.19. The molecule has 1 heterocycles. The molecule has 0 aromatic carbocycles. The van der Waals surface area contributed by atoms with Crippen LogP contribution < -0.4 is 0 Å². The molecule has 0 spiro atoms. The summed E-state index contributed by atoms with van der Waals surface area (Å²) in [6.45, 7) is 20.0. The highest BCUT2D eigenvalue weighted by molar-refractivity contribution is 4.73. The fourth-order valence-electron chi connectivity index (χ4n) is 2.05. The molecule has 0 saturated carbocycles. The molecule has 1 aliphatic rings. The lowest BCUT2D eigenvalue weighted by Gasteiger charge is -2.24. The van der Waals surface area contributed by atoms with Gasteiger partial charge in [-0.25, -0.2) is 0 Å².